The van der Waals surface area contributed by atoms with Gasteiger partial charge in [0.2, 0.25) is 5.91 Å². The number of allylic oxidation sites excluding steroid dienone is 2. The lowest BCUT2D eigenvalue weighted by molar-refractivity contribution is -0.302. The largest absolute Gasteiger partial charge is 0.394 e. The molecule has 1 rings (SSSR count). The van der Waals surface area contributed by atoms with Crippen LogP contribution in [-0.4, -0.2) is 87.5 Å². The first-order valence-corrected chi connectivity index (χ1v) is 25.4. The lowest BCUT2D eigenvalue weighted by Crippen LogP contribution is -2.60. The van der Waals surface area contributed by atoms with Gasteiger partial charge in [-0.2, -0.15) is 0 Å². The number of nitrogens with one attached hydrogen (secondary N) is 1. The Kier molecular flexibility index (Phi) is 38.9. The van der Waals surface area contributed by atoms with Crippen LogP contribution in [0, 0.1) is 0 Å². The van der Waals surface area contributed by atoms with Crippen LogP contribution in [-0.2, 0) is 14.3 Å². The zero-order chi connectivity index (χ0) is 43.0. The molecule has 1 aliphatic heterocycles. The maximum absolute atomic E-state index is 13.0. The number of ether oxygens (including phenoxy) is 2. The topological polar surface area (TPSA) is 149 Å². The summed E-state index contributed by atoms with van der Waals surface area (Å²) in [5.74, 6) is -0.142. The quantitative estimate of drug-likeness (QED) is 0.0263. The maximum atomic E-state index is 13.0. The van der Waals surface area contributed by atoms with E-state index in [4.69, 9.17) is 9.47 Å². The van der Waals surface area contributed by atoms with Crippen LogP contribution >= 0.6 is 0 Å². The van der Waals surface area contributed by atoms with Crippen molar-refractivity contribution in [3.05, 3.63) is 12.2 Å². The standard InChI is InChI=1S/C50H97NO8/c1-3-5-7-9-11-13-15-17-18-19-20-21-22-23-24-25-26-28-30-32-34-36-38-40-46(54)51-43(42-58-50-49(57)48(56)47(55)45(41-52)59-50)44(53)39-37-35-33-31-29-27-16-14-12-10-8-6-4-2/h17-18,43-45,47-50,52-53,55-57H,3-16,19-42H2,1-2H3,(H,51,54)/b18-17-/t43-,44+,45+,47+,48?,49?,50+/m0/s1. The Hall–Kier alpha value is -1.07. The number of carbonyl (C=O) groups excluding carboxylic acids is 1. The predicted molar refractivity (Wildman–Crippen MR) is 244 cm³/mol. The molecule has 2 unspecified atom stereocenters. The Labute approximate surface area is 363 Å². The molecule has 9 nitrogen and oxygen atoms in total. The lowest BCUT2D eigenvalue weighted by Gasteiger charge is -2.40. The molecule has 1 saturated heterocycles. The van der Waals surface area contributed by atoms with Crippen LogP contribution < -0.4 is 5.32 Å². The van der Waals surface area contributed by atoms with Crippen molar-refractivity contribution in [2.24, 2.45) is 0 Å². The van der Waals surface area contributed by atoms with Crippen molar-refractivity contribution in [2.45, 2.75) is 288 Å². The zero-order valence-electron chi connectivity index (χ0n) is 38.5. The molecule has 9 heteroatoms. The van der Waals surface area contributed by atoms with Crippen molar-refractivity contribution in [3.8, 4) is 0 Å². The van der Waals surface area contributed by atoms with Crippen LogP contribution in [0.5, 0.6) is 0 Å². The molecule has 7 atom stereocenters. The summed E-state index contributed by atoms with van der Waals surface area (Å²) in [5, 5.41) is 54.4. The lowest BCUT2D eigenvalue weighted by atomic mass is 9.99. The molecule has 350 valence electrons. The summed E-state index contributed by atoms with van der Waals surface area (Å²) < 4.78 is 11.3. The maximum Gasteiger partial charge on any atom is 0.220 e. The van der Waals surface area contributed by atoms with E-state index in [1.165, 1.54) is 180 Å². The summed E-state index contributed by atoms with van der Waals surface area (Å²) in [6.45, 7) is 3.84. The van der Waals surface area contributed by atoms with Gasteiger partial charge in [0.25, 0.3) is 0 Å². The fraction of sp³-hybridized carbons (Fsp3) is 0.940. The van der Waals surface area contributed by atoms with E-state index in [9.17, 15) is 30.3 Å². The second kappa shape index (κ2) is 41.0. The number of aliphatic hydroxyl groups excluding tert-OH is 5. The third-order valence-electron chi connectivity index (χ3n) is 12.4. The van der Waals surface area contributed by atoms with E-state index in [-0.39, 0.29) is 12.5 Å². The van der Waals surface area contributed by atoms with Crippen LogP contribution in [0.3, 0.4) is 0 Å². The van der Waals surface area contributed by atoms with Crippen molar-refractivity contribution in [2.75, 3.05) is 13.2 Å². The first-order chi connectivity index (χ1) is 28.8. The smallest absolute Gasteiger partial charge is 0.220 e. The molecular weight excluding hydrogens is 743 g/mol. The number of rotatable bonds is 43. The Morgan fingerprint density at radius 2 is 0.949 bits per heavy atom. The molecule has 1 heterocycles. The Morgan fingerprint density at radius 3 is 1.37 bits per heavy atom. The molecule has 0 saturated carbocycles. The first-order valence-electron chi connectivity index (χ1n) is 25.4. The highest BCUT2D eigenvalue weighted by Gasteiger charge is 2.44. The summed E-state index contributed by atoms with van der Waals surface area (Å²) in [5.41, 5.74) is 0. The minimum absolute atomic E-state index is 0.134. The molecule has 0 radical (unpaired) electrons. The highest BCUT2D eigenvalue weighted by molar-refractivity contribution is 5.76. The Balaban J connectivity index is 2.22. The van der Waals surface area contributed by atoms with Crippen LogP contribution in [0.1, 0.15) is 245 Å². The van der Waals surface area contributed by atoms with Crippen molar-refractivity contribution in [3.63, 3.8) is 0 Å². The highest BCUT2D eigenvalue weighted by Crippen LogP contribution is 2.23. The van der Waals surface area contributed by atoms with Gasteiger partial charge in [-0.25, -0.2) is 0 Å². The van der Waals surface area contributed by atoms with Gasteiger partial charge in [0.1, 0.15) is 24.4 Å². The van der Waals surface area contributed by atoms with Crippen LogP contribution in [0.15, 0.2) is 12.2 Å². The molecule has 0 aliphatic carbocycles. The van der Waals surface area contributed by atoms with Crippen molar-refractivity contribution in [1.29, 1.82) is 0 Å². The molecular formula is C50H97NO8. The number of hydrogen-bond acceptors (Lipinski definition) is 8. The number of aliphatic hydroxyl groups is 5. The van der Waals surface area contributed by atoms with Crippen molar-refractivity contribution in [1.82, 2.24) is 5.32 Å². The van der Waals surface area contributed by atoms with Gasteiger partial charge >= 0.3 is 0 Å². The van der Waals surface area contributed by atoms with E-state index < -0.39 is 49.5 Å². The van der Waals surface area contributed by atoms with E-state index in [2.05, 4.69) is 31.3 Å². The van der Waals surface area contributed by atoms with Crippen LogP contribution in [0.2, 0.25) is 0 Å². The monoisotopic (exact) mass is 840 g/mol. The molecule has 1 amide bonds. The first kappa shape index (κ1) is 55.9. The highest BCUT2D eigenvalue weighted by atomic mass is 16.7. The van der Waals surface area contributed by atoms with Gasteiger partial charge in [-0.05, 0) is 38.5 Å². The molecule has 1 aliphatic rings. The number of amides is 1. The van der Waals surface area contributed by atoms with E-state index in [1.54, 1.807) is 0 Å². The van der Waals surface area contributed by atoms with Gasteiger partial charge in [-0.1, -0.05) is 212 Å². The summed E-state index contributed by atoms with van der Waals surface area (Å²) in [4.78, 5) is 13.0. The van der Waals surface area contributed by atoms with E-state index >= 15 is 0 Å². The Bertz CT molecular complexity index is 935. The number of hydrogen-bond donors (Lipinski definition) is 6. The fourth-order valence-electron chi connectivity index (χ4n) is 8.27. The van der Waals surface area contributed by atoms with Crippen molar-refractivity contribution >= 4 is 5.91 Å². The molecule has 0 aromatic carbocycles. The number of unbranched alkanes of at least 4 members (excludes halogenated alkanes) is 31. The third kappa shape index (κ3) is 31.4. The molecule has 59 heavy (non-hydrogen) atoms. The molecule has 0 spiro atoms. The van der Waals surface area contributed by atoms with Crippen LogP contribution in [0.4, 0.5) is 0 Å². The second-order valence-electron chi connectivity index (χ2n) is 18.0. The summed E-state index contributed by atoms with van der Waals surface area (Å²) >= 11 is 0. The average Bonchev–Trinajstić information content (AvgIpc) is 3.23. The van der Waals surface area contributed by atoms with Gasteiger partial charge in [0, 0.05) is 6.42 Å². The molecule has 0 aromatic rings. The van der Waals surface area contributed by atoms with E-state index in [0.29, 0.717) is 12.8 Å². The summed E-state index contributed by atoms with van der Waals surface area (Å²) in [6.07, 6.45) is 40.8. The van der Waals surface area contributed by atoms with Gasteiger partial charge in [-0.15, -0.1) is 0 Å². The SMILES string of the molecule is CCCCCCCC/C=C\CCCCCCCCCCCCCCCC(=O)N[C@@H](CO[C@@H]1O[C@H](CO)[C@@H](O)C(O)C1O)[C@H](O)CCCCCCCCCCCCCCC. The van der Waals surface area contributed by atoms with E-state index in [1.807, 2.05) is 0 Å². The second-order valence-corrected chi connectivity index (χ2v) is 18.0. The van der Waals surface area contributed by atoms with Gasteiger partial charge in [-0.3, -0.25) is 4.79 Å². The predicted octanol–water partition coefficient (Wildman–Crippen LogP) is 11.3. The summed E-state index contributed by atoms with van der Waals surface area (Å²) in [7, 11) is 0. The molecule has 6 N–H and O–H groups in total. The van der Waals surface area contributed by atoms with Gasteiger partial charge in [0.15, 0.2) is 6.29 Å². The average molecular weight is 840 g/mol. The van der Waals surface area contributed by atoms with Crippen molar-refractivity contribution < 1.29 is 39.8 Å². The minimum Gasteiger partial charge on any atom is -0.394 e. The zero-order valence-corrected chi connectivity index (χ0v) is 38.5. The van der Waals surface area contributed by atoms with E-state index in [0.717, 1.165) is 38.5 Å². The third-order valence-corrected chi connectivity index (χ3v) is 12.4. The fourth-order valence-corrected chi connectivity index (χ4v) is 8.27. The summed E-state index contributed by atoms with van der Waals surface area (Å²) in [6, 6.07) is -0.714. The normalized spacial score (nSPS) is 20.7. The number of carbonyl (C=O) groups is 1. The van der Waals surface area contributed by atoms with Crippen LogP contribution in [0.25, 0.3) is 0 Å². The molecule has 0 aromatic heterocycles. The Morgan fingerprint density at radius 1 is 0.559 bits per heavy atom. The van der Waals surface area contributed by atoms with Gasteiger partial charge < -0.3 is 40.3 Å². The van der Waals surface area contributed by atoms with Gasteiger partial charge in [0.05, 0.1) is 25.4 Å². The minimum atomic E-state index is -1.55. The molecule has 1 fully saturated rings. The molecule has 0 bridgehead atoms.